The fourth-order valence-corrected chi connectivity index (χ4v) is 7.83. The molecule has 1 saturated heterocycles. The quantitative estimate of drug-likeness (QED) is 0.354. The van der Waals surface area contributed by atoms with Crippen molar-refractivity contribution in [2.45, 2.75) is 17.7 Å². The van der Waals surface area contributed by atoms with Crippen molar-refractivity contribution >= 4 is 59.9 Å². The second-order valence-corrected chi connectivity index (χ2v) is 12.5. The maximum atomic E-state index is 13.4. The molecule has 37 heavy (non-hydrogen) atoms. The summed E-state index contributed by atoms with van der Waals surface area (Å²) >= 11 is 7.88. The van der Waals surface area contributed by atoms with Crippen molar-refractivity contribution < 1.29 is 13.2 Å². The number of aryl methyl sites for hydroxylation is 1. The molecule has 1 amide bonds. The van der Waals surface area contributed by atoms with Crippen LogP contribution in [0.2, 0.25) is 5.02 Å². The fourth-order valence-electron chi connectivity index (χ4n) is 4.97. The number of aromatic nitrogens is 1. The number of benzene rings is 3. The number of anilines is 2. The Morgan fingerprint density at radius 2 is 1.65 bits per heavy atom. The van der Waals surface area contributed by atoms with Crippen LogP contribution in [0.5, 0.6) is 0 Å². The van der Waals surface area contributed by atoms with Gasteiger partial charge in [-0.1, -0.05) is 47.2 Å². The van der Waals surface area contributed by atoms with E-state index in [1.807, 2.05) is 42.5 Å². The number of amides is 1. The predicted octanol–water partition coefficient (Wildman–Crippen LogP) is 5.05. The zero-order valence-corrected chi connectivity index (χ0v) is 22.4. The Balaban J connectivity index is 1.14. The zero-order valence-electron chi connectivity index (χ0n) is 20.0. The Bertz CT molecular complexity index is 1580. The standard InChI is InChI=1S/C27H25ClN4O3S2/c28-22-7-3-9-24-25(22)29-27(36-24)31-17-15-30(16-18-31)26(33)20-10-12-21(13-11-20)37(34,35)32-14-4-6-19-5-1-2-8-23(19)32/h1-3,5,7-13H,4,6,14-18H2. The minimum atomic E-state index is -3.71. The number of hydrogen-bond acceptors (Lipinski definition) is 6. The highest BCUT2D eigenvalue weighted by atomic mass is 35.5. The summed E-state index contributed by atoms with van der Waals surface area (Å²) in [6.07, 6.45) is 1.65. The lowest BCUT2D eigenvalue weighted by molar-refractivity contribution is 0.0746. The van der Waals surface area contributed by atoms with E-state index < -0.39 is 10.0 Å². The number of thiazole rings is 1. The minimum absolute atomic E-state index is 0.0979. The number of nitrogens with zero attached hydrogens (tertiary/aromatic N) is 4. The van der Waals surface area contributed by atoms with Crippen LogP contribution in [0.25, 0.3) is 10.2 Å². The van der Waals surface area contributed by atoms with Crippen molar-refractivity contribution in [3.63, 3.8) is 0 Å². The first-order valence-electron chi connectivity index (χ1n) is 12.2. The van der Waals surface area contributed by atoms with Gasteiger partial charge in [-0.2, -0.15) is 0 Å². The van der Waals surface area contributed by atoms with Crippen LogP contribution in [-0.2, 0) is 16.4 Å². The van der Waals surface area contributed by atoms with E-state index in [9.17, 15) is 13.2 Å². The van der Waals surface area contributed by atoms with Crippen molar-refractivity contribution in [2.24, 2.45) is 0 Å². The van der Waals surface area contributed by atoms with Crippen molar-refractivity contribution in [1.82, 2.24) is 9.88 Å². The first-order valence-corrected chi connectivity index (χ1v) is 14.9. The van der Waals surface area contributed by atoms with Gasteiger partial charge in [0.15, 0.2) is 5.13 Å². The first-order chi connectivity index (χ1) is 17.9. The van der Waals surface area contributed by atoms with Gasteiger partial charge in [-0.05, 0) is 60.9 Å². The van der Waals surface area contributed by atoms with Crippen LogP contribution < -0.4 is 9.21 Å². The molecule has 2 aliphatic heterocycles. The maximum absolute atomic E-state index is 13.4. The Labute approximate surface area is 225 Å². The lowest BCUT2D eigenvalue weighted by atomic mass is 10.0. The second-order valence-electron chi connectivity index (χ2n) is 9.20. The number of rotatable bonds is 4. The van der Waals surface area contributed by atoms with Crippen molar-refractivity contribution in [2.75, 3.05) is 41.9 Å². The number of hydrogen-bond donors (Lipinski definition) is 0. The monoisotopic (exact) mass is 552 g/mol. The van der Waals surface area contributed by atoms with E-state index in [2.05, 4.69) is 4.90 Å². The summed E-state index contributed by atoms with van der Waals surface area (Å²) in [7, 11) is -3.71. The van der Waals surface area contributed by atoms with E-state index in [1.165, 1.54) is 4.31 Å². The number of fused-ring (bicyclic) bond motifs is 2. The van der Waals surface area contributed by atoms with Gasteiger partial charge in [0.05, 0.1) is 20.3 Å². The maximum Gasteiger partial charge on any atom is 0.264 e. The molecule has 7 nitrogen and oxygen atoms in total. The Morgan fingerprint density at radius 1 is 0.892 bits per heavy atom. The molecule has 3 aromatic carbocycles. The summed E-state index contributed by atoms with van der Waals surface area (Å²) in [5, 5.41) is 1.55. The van der Waals surface area contributed by atoms with Gasteiger partial charge >= 0.3 is 0 Å². The van der Waals surface area contributed by atoms with Gasteiger partial charge < -0.3 is 9.80 Å². The molecule has 0 atom stereocenters. The van der Waals surface area contributed by atoms with Crippen LogP contribution >= 0.6 is 22.9 Å². The van der Waals surface area contributed by atoms with Gasteiger partial charge in [0.2, 0.25) is 0 Å². The lowest BCUT2D eigenvalue weighted by Crippen LogP contribution is -2.48. The summed E-state index contributed by atoms with van der Waals surface area (Å²) in [4.78, 5) is 22.0. The number of para-hydroxylation sites is 2. The number of piperazine rings is 1. The molecule has 0 N–H and O–H groups in total. The van der Waals surface area contributed by atoms with Crippen molar-refractivity contribution in [1.29, 1.82) is 0 Å². The molecule has 0 saturated carbocycles. The molecule has 0 unspecified atom stereocenters. The Hall–Kier alpha value is -3.14. The van der Waals surface area contributed by atoms with Gasteiger partial charge in [-0.3, -0.25) is 9.10 Å². The normalized spacial score (nSPS) is 16.2. The van der Waals surface area contributed by atoms with E-state index in [0.29, 0.717) is 43.3 Å². The average molecular weight is 553 g/mol. The number of sulfonamides is 1. The van der Waals surface area contributed by atoms with E-state index in [0.717, 1.165) is 39.4 Å². The molecule has 6 rings (SSSR count). The molecule has 1 aromatic heterocycles. The smallest absolute Gasteiger partial charge is 0.264 e. The van der Waals surface area contributed by atoms with Gasteiger partial charge in [-0.15, -0.1) is 0 Å². The van der Waals surface area contributed by atoms with E-state index in [1.54, 1.807) is 40.5 Å². The second kappa shape index (κ2) is 9.63. The highest BCUT2D eigenvalue weighted by molar-refractivity contribution is 7.92. The van der Waals surface area contributed by atoms with Crippen LogP contribution in [0.3, 0.4) is 0 Å². The highest BCUT2D eigenvalue weighted by Gasteiger charge is 2.30. The summed E-state index contributed by atoms with van der Waals surface area (Å²) in [6, 6.07) is 19.7. The van der Waals surface area contributed by atoms with E-state index in [-0.39, 0.29) is 10.8 Å². The van der Waals surface area contributed by atoms with Crippen LogP contribution in [0.4, 0.5) is 10.8 Å². The topological polar surface area (TPSA) is 73.8 Å². The molecule has 0 spiro atoms. The molecule has 1 fully saturated rings. The molecule has 0 radical (unpaired) electrons. The van der Waals surface area contributed by atoms with Crippen molar-refractivity contribution in [3.8, 4) is 0 Å². The van der Waals surface area contributed by atoms with Crippen LogP contribution in [-0.4, -0.2) is 56.9 Å². The number of carbonyl (C=O) groups is 1. The SMILES string of the molecule is O=C(c1ccc(S(=O)(=O)N2CCCc3ccccc32)cc1)N1CCN(c2nc3c(Cl)cccc3s2)CC1. The molecule has 190 valence electrons. The summed E-state index contributed by atoms with van der Waals surface area (Å²) in [6.45, 7) is 2.92. The third kappa shape index (κ3) is 4.45. The summed E-state index contributed by atoms with van der Waals surface area (Å²) < 4.78 is 29.3. The first kappa shape index (κ1) is 24.2. The molecule has 2 aliphatic rings. The molecular formula is C27H25ClN4O3S2. The lowest BCUT2D eigenvalue weighted by Gasteiger charge is -2.34. The van der Waals surface area contributed by atoms with E-state index >= 15 is 0 Å². The molecule has 0 aliphatic carbocycles. The minimum Gasteiger partial charge on any atom is -0.345 e. The van der Waals surface area contributed by atoms with Crippen LogP contribution in [0.15, 0.2) is 71.6 Å². The Morgan fingerprint density at radius 3 is 2.41 bits per heavy atom. The van der Waals surface area contributed by atoms with Gasteiger partial charge in [0, 0.05) is 38.3 Å². The zero-order chi connectivity index (χ0) is 25.6. The molecule has 3 heterocycles. The molecule has 10 heteroatoms. The molecular weight excluding hydrogens is 528 g/mol. The van der Waals surface area contributed by atoms with Gasteiger partial charge in [0.1, 0.15) is 5.52 Å². The number of carbonyl (C=O) groups excluding carboxylic acids is 1. The van der Waals surface area contributed by atoms with Gasteiger partial charge in [-0.25, -0.2) is 13.4 Å². The average Bonchev–Trinajstić information content (AvgIpc) is 3.38. The Kier molecular flexibility index (Phi) is 6.30. The third-order valence-corrected chi connectivity index (χ3v) is 10.2. The largest absolute Gasteiger partial charge is 0.345 e. The highest BCUT2D eigenvalue weighted by Crippen LogP contribution is 2.34. The molecule has 0 bridgehead atoms. The third-order valence-electron chi connectivity index (χ3n) is 6.95. The van der Waals surface area contributed by atoms with Crippen LogP contribution in [0.1, 0.15) is 22.3 Å². The van der Waals surface area contributed by atoms with Crippen molar-refractivity contribution in [3.05, 3.63) is 82.9 Å². The van der Waals surface area contributed by atoms with E-state index in [4.69, 9.17) is 16.6 Å². The van der Waals surface area contributed by atoms with Gasteiger partial charge in [0.25, 0.3) is 15.9 Å². The summed E-state index contributed by atoms with van der Waals surface area (Å²) in [5.41, 5.74) is 3.07. The fraction of sp³-hybridized carbons (Fsp3) is 0.259. The summed E-state index contributed by atoms with van der Waals surface area (Å²) in [5.74, 6) is -0.0979. The number of halogens is 1. The predicted molar refractivity (Wildman–Crippen MR) is 148 cm³/mol. The molecule has 4 aromatic rings. The van der Waals surface area contributed by atoms with Crippen LogP contribution in [0, 0.1) is 0 Å².